The number of rotatable bonds is 13. The molecule has 162 valence electrons. The minimum absolute atomic E-state index is 0.279. The van der Waals surface area contributed by atoms with Crippen LogP contribution in [0.2, 0.25) is 0 Å². The zero-order valence-electron chi connectivity index (χ0n) is 17.9. The predicted octanol–water partition coefficient (Wildman–Crippen LogP) is 2.05. The molecule has 30 heavy (non-hydrogen) atoms. The minimum Gasteiger partial charge on any atom is -0.467 e. The van der Waals surface area contributed by atoms with Crippen molar-refractivity contribution in [3.05, 3.63) is 83.6 Å². The molecule has 2 aromatic heterocycles. The van der Waals surface area contributed by atoms with Crippen LogP contribution in [0.5, 0.6) is 0 Å². The maximum Gasteiger partial charge on any atom is 0.129 e. The number of furan rings is 1. The van der Waals surface area contributed by atoms with E-state index >= 15 is 0 Å². The Morgan fingerprint density at radius 1 is 1.13 bits per heavy atom. The first-order valence-corrected chi connectivity index (χ1v) is 10.4. The van der Waals surface area contributed by atoms with Crippen LogP contribution in [0.25, 0.3) is 0 Å². The van der Waals surface area contributed by atoms with Crippen LogP contribution in [0.15, 0.2) is 65.4 Å². The largest absolute Gasteiger partial charge is 0.467 e. The Morgan fingerprint density at radius 2 is 2.00 bits per heavy atom. The monoisotopic (exact) mass is 413 g/mol. The van der Waals surface area contributed by atoms with E-state index in [0.717, 1.165) is 25.4 Å². The Labute approximate surface area is 178 Å². The number of aromatic nitrogens is 1. The summed E-state index contributed by atoms with van der Waals surface area (Å²) in [5.41, 5.74) is 3.86. The van der Waals surface area contributed by atoms with Gasteiger partial charge in [0.15, 0.2) is 0 Å². The molecule has 0 aliphatic heterocycles. The predicted molar refractivity (Wildman–Crippen MR) is 115 cm³/mol. The van der Waals surface area contributed by atoms with Gasteiger partial charge in [0.1, 0.15) is 38.1 Å². The van der Waals surface area contributed by atoms with Crippen LogP contribution >= 0.6 is 0 Å². The summed E-state index contributed by atoms with van der Waals surface area (Å²) >= 11 is 0. The molecule has 0 radical (unpaired) electrons. The van der Waals surface area contributed by atoms with Crippen LogP contribution in [0.4, 0.5) is 0 Å². The highest BCUT2D eigenvalue weighted by Gasteiger charge is 2.18. The van der Waals surface area contributed by atoms with Gasteiger partial charge >= 0.3 is 0 Å². The number of hydrogen-bond donors (Lipinski definition) is 2. The summed E-state index contributed by atoms with van der Waals surface area (Å²) in [5.74, 6) is 0.764. The fourth-order valence-electron chi connectivity index (χ4n) is 3.58. The number of benzene rings is 1. The SMILES string of the molecule is COCC[NH+](Cc1cccn1Cc1ccccc1C)C[C@H](O)COCc1ccco1. The molecule has 0 saturated heterocycles. The second-order valence-corrected chi connectivity index (χ2v) is 7.68. The Hall–Kier alpha value is -2.38. The summed E-state index contributed by atoms with van der Waals surface area (Å²) in [7, 11) is 1.71. The van der Waals surface area contributed by atoms with Gasteiger partial charge in [-0.25, -0.2) is 0 Å². The van der Waals surface area contributed by atoms with Gasteiger partial charge in [0.25, 0.3) is 0 Å². The summed E-state index contributed by atoms with van der Waals surface area (Å²) in [6, 6.07) is 16.4. The molecule has 2 N–H and O–H groups in total. The fraction of sp³-hybridized carbons (Fsp3) is 0.417. The van der Waals surface area contributed by atoms with Gasteiger partial charge in [-0.1, -0.05) is 24.3 Å². The Kier molecular flexibility index (Phi) is 8.71. The lowest BCUT2D eigenvalue weighted by Crippen LogP contribution is -3.12. The molecular formula is C24H33N2O4+. The molecule has 6 heteroatoms. The topological polar surface area (TPSA) is 61.2 Å². The van der Waals surface area contributed by atoms with Gasteiger partial charge in [-0.2, -0.15) is 0 Å². The average Bonchev–Trinajstić information content (AvgIpc) is 3.40. The fourth-order valence-corrected chi connectivity index (χ4v) is 3.58. The van der Waals surface area contributed by atoms with Crippen molar-refractivity contribution >= 4 is 0 Å². The molecule has 3 aromatic rings. The highest BCUT2D eigenvalue weighted by Crippen LogP contribution is 2.11. The number of aliphatic hydroxyl groups excluding tert-OH is 1. The number of methoxy groups -OCH3 is 1. The molecular weight excluding hydrogens is 380 g/mol. The van der Waals surface area contributed by atoms with E-state index in [1.54, 1.807) is 13.4 Å². The average molecular weight is 414 g/mol. The Bertz CT molecular complexity index is 860. The van der Waals surface area contributed by atoms with Crippen LogP contribution in [-0.2, 0) is 29.2 Å². The van der Waals surface area contributed by atoms with Crippen molar-refractivity contribution in [3.63, 3.8) is 0 Å². The molecule has 0 aliphatic rings. The quantitative estimate of drug-likeness (QED) is 0.450. The summed E-state index contributed by atoms with van der Waals surface area (Å²) in [6.45, 7) is 6.52. The van der Waals surface area contributed by atoms with E-state index in [1.165, 1.54) is 21.7 Å². The number of ether oxygens (including phenoxy) is 2. The molecule has 1 unspecified atom stereocenters. The first kappa shape index (κ1) is 22.3. The van der Waals surface area contributed by atoms with Gasteiger partial charge in [0, 0.05) is 19.9 Å². The Morgan fingerprint density at radius 3 is 2.77 bits per heavy atom. The molecule has 6 nitrogen and oxygen atoms in total. The van der Waals surface area contributed by atoms with Crippen molar-refractivity contribution in [3.8, 4) is 0 Å². The van der Waals surface area contributed by atoms with E-state index < -0.39 is 6.10 Å². The molecule has 0 amide bonds. The molecule has 0 saturated carbocycles. The highest BCUT2D eigenvalue weighted by atomic mass is 16.5. The molecule has 0 spiro atoms. The number of nitrogens with one attached hydrogen (secondary N) is 1. The summed E-state index contributed by atoms with van der Waals surface area (Å²) in [6.07, 6.45) is 3.20. The van der Waals surface area contributed by atoms with Crippen molar-refractivity contribution < 1.29 is 23.9 Å². The van der Waals surface area contributed by atoms with Gasteiger partial charge < -0.3 is 28.5 Å². The second-order valence-electron chi connectivity index (χ2n) is 7.68. The van der Waals surface area contributed by atoms with Crippen molar-refractivity contribution in [1.29, 1.82) is 0 Å². The van der Waals surface area contributed by atoms with Gasteiger partial charge in [0.05, 0.1) is 25.2 Å². The van der Waals surface area contributed by atoms with E-state index in [2.05, 4.69) is 54.1 Å². The first-order valence-electron chi connectivity index (χ1n) is 10.4. The lowest BCUT2D eigenvalue weighted by molar-refractivity contribution is -0.917. The third kappa shape index (κ3) is 6.85. The van der Waals surface area contributed by atoms with E-state index in [-0.39, 0.29) is 6.61 Å². The summed E-state index contributed by atoms with van der Waals surface area (Å²) < 4.78 is 18.4. The van der Waals surface area contributed by atoms with Crippen LogP contribution < -0.4 is 4.90 Å². The van der Waals surface area contributed by atoms with Crippen molar-refractivity contribution in [2.24, 2.45) is 0 Å². The van der Waals surface area contributed by atoms with E-state index in [9.17, 15) is 5.11 Å². The Balaban J connectivity index is 1.56. The van der Waals surface area contributed by atoms with Gasteiger partial charge in [0.2, 0.25) is 0 Å². The third-order valence-electron chi connectivity index (χ3n) is 5.28. The number of aryl methyl sites for hydroxylation is 1. The van der Waals surface area contributed by atoms with E-state index in [4.69, 9.17) is 13.9 Å². The maximum atomic E-state index is 10.5. The zero-order chi connectivity index (χ0) is 21.2. The normalized spacial score (nSPS) is 13.4. The summed E-state index contributed by atoms with van der Waals surface area (Å²) in [5, 5.41) is 10.5. The molecule has 0 fully saturated rings. The standard InChI is InChI=1S/C24H32N2O4/c1-20-7-3-4-8-21(20)15-26-11-5-9-22(26)16-25(12-14-28-2)17-23(27)18-29-19-24-10-6-13-30-24/h3-11,13,23,27H,12,14-19H2,1-2H3/p+1/t23-/m0/s1. The smallest absolute Gasteiger partial charge is 0.129 e. The molecule has 0 aliphatic carbocycles. The number of hydrogen-bond acceptors (Lipinski definition) is 4. The zero-order valence-corrected chi connectivity index (χ0v) is 17.9. The number of quaternary nitrogens is 1. The number of nitrogens with zero attached hydrogens (tertiary/aromatic N) is 1. The van der Waals surface area contributed by atoms with E-state index in [0.29, 0.717) is 19.8 Å². The lowest BCUT2D eigenvalue weighted by Gasteiger charge is -2.23. The highest BCUT2D eigenvalue weighted by molar-refractivity contribution is 5.26. The molecule has 0 bridgehead atoms. The van der Waals surface area contributed by atoms with Gasteiger partial charge in [-0.15, -0.1) is 0 Å². The summed E-state index contributed by atoms with van der Waals surface area (Å²) in [4.78, 5) is 1.26. The first-order chi connectivity index (χ1) is 14.7. The van der Waals surface area contributed by atoms with Crippen LogP contribution in [0.3, 0.4) is 0 Å². The number of aliphatic hydroxyl groups is 1. The lowest BCUT2D eigenvalue weighted by atomic mass is 10.1. The van der Waals surface area contributed by atoms with Crippen molar-refractivity contribution in [2.45, 2.75) is 32.7 Å². The van der Waals surface area contributed by atoms with Crippen molar-refractivity contribution in [1.82, 2.24) is 4.57 Å². The van der Waals surface area contributed by atoms with Crippen LogP contribution in [-0.4, -0.2) is 49.2 Å². The van der Waals surface area contributed by atoms with E-state index in [1.807, 2.05) is 12.1 Å². The van der Waals surface area contributed by atoms with Gasteiger partial charge in [-0.3, -0.25) is 0 Å². The van der Waals surface area contributed by atoms with Crippen LogP contribution in [0.1, 0.15) is 22.6 Å². The maximum absolute atomic E-state index is 10.5. The van der Waals surface area contributed by atoms with Crippen molar-refractivity contribution in [2.75, 3.05) is 33.4 Å². The molecule has 3 rings (SSSR count). The van der Waals surface area contributed by atoms with Gasteiger partial charge in [-0.05, 0) is 42.3 Å². The third-order valence-corrected chi connectivity index (χ3v) is 5.28. The molecule has 1 aromatic carbocycles. The molecule has 2 atom stereocenters. The minimum atomic E-state index is -0.549. The molecule has 2 heterocycles. The van der Waals surface area contributed by atoms with Crippen LogP contribution in [0, 0.1) is 6.92 Å². The second kappa shape index (κ2) is 11.7.